The summed E-state index contributed by atoms with van der Waals surface area (Å²) in [5, 5.41) is 0. The molecule has 1 atom stereocenters. The van der Waals surface area contributed by atoms with Crippen LogP contribution in [-0.4, -0.2) is 6.54 Å². The largest absolute Gasteiger partial charge is 0.327 e. The maximum atomic E-state index is 14.5. The van der Waals surface area contributed by atoms with Gasteiger partial charge in [0.25, 0.3) is 0 Å². The molecule has 0 aliphatic heterocycles. The van der Waals surface area contributed by atoms with Gasteiger partial charge in [-0.1, -0.05) is 19.4 Å². The van der Waals surface area contributed by atoms with Gasteiger partial charge < -0.3 is 5.73 Å². The van der Waals surface area contributed by atoms with Crippen molar-refractivity contribution in [3.63, 3.8) is 0 Å². The smallest absolute Gasteiger partial charge is 0.151 e. The molecule has 0 radical (unpaired) electrons. The molecule has 0 amide bonds. The van der Waals surface area contributed by atoms with Crippen molar-refractivity contribution in [2.24, 2.45) is 5.73 Å². The van der Waals surface area contributed by atoms with Gasteiger partial charge in [-0.15, -0.1) is 0 Å². The quantitative estimate of drug-likeness (QED) is 0.838. The van der Waals surface area contributed by atoms with E-state index in [9.17, 15) is 8.78 Å². The molecule has 0 saturated carbocycles. The second kappa shape index (κ2) is 4.91. The molecular formula is C13H19F2N. The molecule has 1 rings (SSSR count). The molecule has 1 nitrogen and oxygen atoms in total. The van der Waals surface area contributed by atoms with Gasteiger partial charge in [0, 0.05) is 12.1 Å². The van der Waals surface area contributed by atoms with Crippen molar-refractivity contribution in [3.05, 3.63) is 34.6 Å². The fourth-order valence-corrected chi connectivity index (χ4v) is 2.21. The molecule has 1 aromatic carbocycles. The van der Waals surface area contributed by atoms with E-state index in [4.69, 9.17) is 5.73 Å². The highest BCUT2D eigenvalue weighted by Crippen LogP contribution is 2.34. The minimum atomic E-state index is -1.74. The minimum absolute atomic E-state index is 0.127. The van der Waals surface area contributed by atoms with E-state index in [-0.39, 0.29) is 18.5 Å². The zero-order valence-corrected chi connectivity index (χ0v) is 10.1. The lowest BCUT2D eigenvalue weighted by Gasteiger charge is -2.26. The highest BCUT2D eigenvalue weighted by atomic mass is 19.1. The van der Waals surface area contributed by atoms with Crippen molar-refractivity contribution in [1.29, 1.82) is 0 Å². The second-order valence-electron chi connectivity index (χ2n) is 4.36. The predicted molar refractivity (Wildman–Crippen MR) is 62.6 cm³/mol. The summed E-state index contributed by atoms with van der Waals surface area (Å²) in [5.74, 6) is -0.487. The van der Waals surface area contributed by atoms with E-state index in [2.05, 4.69) is 0 Å². The highest BCUT2D eigenvalue weighted by molar-refractivity contribution is 5.36. The third-order valence-corrected chi connectivity index (χ3v) is 2.85. The van der Waals surface area contributed by atoms with Crippen molar-refractivity contribution >= 4 is 0 Å². The first kappa shape index (κ1) is 13.1. The lowest BCUT2D eigenvalue weighted by Crippen LogP contribution is -2.32. The van der Waals surface area contributed by atoms with E-state index < -0.39 is 11.5 Å². The van der Waals surface area contributed by atoms with Crippen molar-refractivity contribution in [1.82, 2.24) is 0 Å². The Morgan fingerprint density at radius 1 is 1.31 bits per heavy atom. The van der Waals surface area contributed by atoms with Gasteiger partial charge in [-0.25, -0.2) is 8.78 Å². The second-order valence-corrected chi connectivity index (χ2v) is 4.36. The molecular weight excluding hydrogens is 208 g/mol. The molecule has 0 aliphatic rings. The average molecular weight is 227 g/mol. The Bertz CT molecular complexity index is 353. The first-order chi connectivity index (χ1) is 7.44. The van der Waals surface area contributed by atoms with Crippen LogP contribution in [0.4, 0.5) is 8.78 Å². The van der Waals surface area contributed by atoms with E-state index in [1.165, 1.54) is 6.07 Å². The van der Waals surface area contributed by atoms with Crippen molar-refractivity contribution in [2.45, 2.75) is 39.3 Å². The van der Waals surface area contributed by atoms with Crippen LogP contribution in [0.2, 0.25) is 0 Å². The molecule has 0 aromatic heterocycles. The zero-order valence-electron chi connectivity index (χ0n) is 10.1. The summed E-state index contributed by atoms with van der Waals surface area (Å²) >= 11 is 0. The van der Waals surface area contributed by atoms with E-state index in [1.54, 1.807) is 19.9 Å². The maximum absolute atomic E-state index is 14.5. The molecule has 2 N–H and O–H groups in total. The van der Waals surface area contributed by atoms with Crippen LogP contribution in [0.5, 0.6) is 0 Å². The van der Waals surface area contributed by atoms with Gasteiger partial charge in [0.05, 0.1) is 0 Å². The van der Waals surface area contributed by atoms with E-state index in [1.807, 2.05) is 6.92 Å². The Kier molecular flexibility index (Phi) is 4.03. The summed E-state index contributed by atoms with van der Waals surface area (Å²) in [4.78, 5) is 0. The first-order valence-corrected chi connectivity index (χ1v) is 5.61. The van der Waals surface area contributed by atoms with Crippen LogP contribution >= 0.6 is 0 Å². The van der Waals surface area contributed by atoms with Crippen molar-refractivity contribution < 1.29 is 8.78 Å². The summed E-state index contributed by atoms with van der Waals surface area (Å²) in [5.41, 5.74) is 5.29. The van der Waals surface area contributed by atoms with Gasteiger partial charge in [-0.3, -0.25) is 0 Å². The van der Waals surface area contributed by atoms with Crippen LogP contribution < -0.4 is 5.73 Å². The van der Waals surface area contributed by atoms with Gasteiger partial charge in [0.2, 0.25) is 0 Å². The third-order valence-electron chi connectivity index (χ3n) is 2.85. The number of benzene rings is 1. The summed E-state index contributed by atoms with van der Waals surface area (Å²) in [7, 11) is 0. The van der Waals surface area contributed by atoms with E-state index in [0.29, 0.717) is 12.0 Å². The Labute approximate surface area is 95.7 Å². The molecule has 0 saturated heterocycles. The lowest BCUT2D eigenvalue weighted by atomic mass is 9.87. The Hall–Kier alpha value is -0.960. The van der Waals surface area contributed by atoms with Crippen LogP contribution in [0.25, 0.3) is 0 Å². The molecule has 0 bridgehead atoms. The van der Waals surface area contributed by atoms with Crippen LogP contribution in [-0.2, 0) is 5.67 Å². The van der Waals surface area contributed by atoms with Crippen LogP contribution in [0.15, 0.2) is 12.1 Å². The molecule has 16 heavy (non-hydrogen) atoms. The molecule has 0 heterocycles. The SMILES string of the molecule is CCCC(F)(CN)c1c(C)cc(C)cc1F. The summed E-state index contributed by atoms with van der Waals surface area (Å²) in [6.45, 7) is 5.21. The van der Waals surface area contributed by atoms with Crippen LogP contribution in [0.1, 0.15) is 36.5 Å². The Balaban J connectivity index is 3.30. The molecule has 1 unspecified atom stereocenters. The molecule has 0 spiro atoms. The van der Waals surface area contributed by atoms with Gasteiger partial charge >= 0.3 is 0 Å². The van der Waals surface area contributed by atoms with Crippen molar-refractivity contribution in [2.75, 3.05) is 6.54 Å². The fourth-order valence-electron chi connectivity index (χ4n) is 2.21. The van der Waals surface area contributed by atoms with Crippen molar-refractivity contribution in [3.8, 4) is 0 Å². The monoisotopic (exact) mass is 227 g/mol. The van der Waals surface area contributed by atoms with Gasteiger partial charge in [0.15, 0.2) is 5.67 Å². The number of rotatable bonds is 4. The summed E-state index contributed by atoms with van der Waals surface area (Å²) in [6, 6.07) is 3.15. The summed E-state index contributed by atoms with van der Waals surface area (Å²) in [6.07, 6.45) is 0.894. The average Bonchev–Trinajstić information content (AvgIpc) is 2.16. The first-order valence-electron chi connectivity index (χ1n) is 5.61. The number of halogens is 2. The number of aryl methyl sites for hydroxylation is 2. The van der Waals surface area contributed by atoms with Crippen LogP contribution in [0.3, 0.4) is 0 Å². The Morgan fingerprint density at radius 2 is 1.94 bits per heavy atom. The van der Waals surface area contributed by atoms with Crippen LogP contribution in [0, 0.1) is 19.7 Å². The van der Waals surface area contributed by atoms with E-state index >= 15 is 0 Å². The standard InChI is InChI=1S/C13H19F2N/c1-4-5-13(15,8-16)12-10(3)6-9(2)7-11(12)14/h6-7H,4-5,8,16H2,1-3H3. The van der Waals surface area contributed by atoms with Gasteiger partial charge in [-0.2, -0.15) is 0 Å². The zero-order chi connectivity index (χ0) is 12.3. The number of hydrogen-bond donors (Lipinski definition) is 1. The van der Waals surface area contributed by atoms with Gasteiger partial charge in [0.1, 0.15) is 5.82 Å². The molecule has 90 valence electrons. The molecule has 3 heteroatoms. The minimum Gasteiger partial charge on any atom is -0.327 e. The number of hydrogen-bond acceptors (Lipinski definition) is 1. The van der Waals surface area contributed by atoms with Gasteiger partial charge in [-0.05, 0) is 37.5 Å². The van der Waals surface area contributed by atoms with E-state index in [0.717, 1.165) is 5.56 Å². The maximum Gasteiger partial charge on any atom is 0.151 e. The summed E-state index contributed by atoms with van der Waals surface area (Å²) < 4.78 is 28.4. The normalized spacial score (nSPS) is 14.9. The Morgan fingerprint density at radius 3 is 2.38 bits per heavy atom. The predicted octanol–water partition coefficient (Wildman–Crippen LogP) is 3.37. The number of alkyl halides is 1. The third kappa shape index (κ3) is 2.40. The molecule has 0 aliphatic carbocycles. The lowest BCUT2D eigenvalue weighted by molar-refractivity contribution is 0.152. The topological polar surface area (TPSA) is 26.0 Å². The highest BCUT2D eigenvalue weighted by Gasteiger charge is 2.33. The fraction of sp³-hybridized carbons (Fsp3) is 0.538. The number of nitrogens with two attached hydrogens (primary N) is 1. The molecule has 0 fully saturated rings. The molecule has 1 aromatic rings.